The molecule has 0 radical (unpaired) electrons. The van der Waals surface area contributed by atoms with Crippen LogP contribution in [0.1, 0.15) is 28.5 Å². The summed E-state index contributed by atoms with van der Waals surface area (Å²) < 4.78 is 5.27. The third-order valence-corrected chi connectivity index (χ3v) is 5.48. The van der Waals surface area contributed by atoms with Crippen molar-refractivity contribution in [3.05, 3.63) is 45.9 Å². The Morgan fingerprint density at radius 2 is 2.36 bits per heavy atom. The van der Waals surface area contributed by atoms with Gasteiger partial charge in [0.1, 0.15) is 5.75 Å². The Morgan fingerprint density at radius 3 is 3.23 bits per heavy atom. The molecule has 2 heterocycles. The van der Waals surface area contributed by atoms with Gasteiger partial charge in [-0.05, 0) is 30.0 Å². The predicted molar refractivity (Wildman–Crippen MR) is 85.1 cm³/mol. The summed E-state index contributed by atoms with van der Waals surface area (Å²) in [6.07, 6.45) is 1.85. The van der Waals surface area contributed by atoms with E-state index in [1.165, 1.54) is 16.1 Å². The van der Waals surface area contributed by atoms with E-state index < -0.39 is 0 Å². The first-order valence-corrected chi connectivity index (χ1v) is 8.48. The van der Waals surface area contributed by atoms with Gasteiger partial charge in [-0.1, -0.05) is 12.1 Å². The number of nitrogens with zero attached hydrogens (tertiary/aromatic N) is 2. The predicted octanol–water partition coefficient (Wildman–Crippen LogP) is 2.84. The molecule has 1 aromatic carbocycles. The van der Waals surface area contributed by atoms with Gasteiger partial charge in [0.2, 0.25) is 5.91 Å². The van der Waals surface area contributed by atoms with E-state index in [0.29, 0.717) is 11.8 Å². The minimum Gasteiger partial charge on any atom is -0.497 e. The second-order valence-corrected chi connectivity index (χ2v) is 6.90. The fourth-order valence-corrected chi connectivity index (χ4v) is 4.08. The summed E-state index contributed by atoms with van der Waals surface area (Å²) in [7, 11) is 1.68. The SMILES string of the molecule is COc1cccc([C@@H]2C[C@H]2C(=O)N2CCc3ncsc3C2)c1. The van der Waals surface area contributed by atoms with Gasteiger partial charge in [-0.3, -0.25) is 4.79 Å². The number of amides is 1. The molecular weight excluding hydrogens is 296 g/mol. The average molecular weight is 314 g/mol. The first kappa shape index (κ1) is 13.8. The van der Waals surface area contributed by atoms with Crippen molar-refractivity contribution < 1.29 is 9.53 Å². The van der Waals surface area contributed by atoms with Crippen LogP contribution in [0, 0.1) is 5.92 Å². The van der Waals surface area contributed by atoms with Gasteiger partial charge in [-0.15, -0.1) is 11.3 Å². The molecule has 1 amide bonds. The van der Waals surface area contributed by atoms with Gasteiger partial charge in [0.15, 0.2) is 0 Å². The monoisotopic (exact) mass is 314 g/mol. The number of hydrogen-bond donors (Lipinski definition) is 0. The lowest BCUT2D eigenvalue weighted by Gasteiger charge is -2.26. The van der Waals surface area contributed by atoms with E-state index >= 15 is 0 Å². The van der Waals surface area contributed by atoms with Crippen molar-refractivity contribution in [2.45, 2.75) is 25.3 Å². The van der Waals surface area contributed by atoms with Crippen molar-refractivity contribution in [3.8, 4) is 5.75 Å². The quantitative estimate of drug-likeness (QED) is 0.875. The molecule has 1 aromatic heterocycles. The molecule has 22 heavy (non-hydrogen) atoms. The number of carbonyl (C=O) groups excluding carboxylic acids is 1. The van der Waals surface area contributed by atoms with E-state index in [2.05, 4.69) is 17.1 Å². The molecule has 2 atom stereocenters. The lowest BCUT2D eigenvalue weighted by molar-refractivity contribution is -0.133. The van der Waals surface area contributed by atoms with Crippen molar-refractivity contribution in [2.24, 2.45) is 5.92 Å². The van der Waals surface area contributed by atoms with Crippen LogP contribution in [0.5, 0.6) is 5.75 Å². The maximum atomic E-state index is 12.7. The first-order valence-electron chi connectivity index (χ1n) is 7.60. The summed E-state index contributed by atoms with van der Waals surface area (Å²) in [5.41, 5.74) is 4.27. The molecule has 2 aromatic rings. The number of benzene rings is 1. The van der Waals surface area contributed by atoms with Crippen molar-refractivity contribution in [2.75, 3.05) is 13.7 Å². The summed E-state index contributed by atoms with van der Waals surface area (Å²) >= 11 is 1.66. The maximum Gasteiger partial charge on any atom is 0.226 e. The molecule has 0 saturated heterocycles. The van der Waals surface area contributed by atoms with Crippen LogP contribution < -0.4 is 4.74 Å². The normalized spacial score (nSPS) is 23.0. The number of fused-ring (bicyclic) bond motifs is 1. The Morgan fingerprint density at radius 1 is 1.45 bits per heavy atom. The molecule has 114 valence electrons. The van der Waals surface area contributed by atoms with Crippen molar-refractivity contribution in [3.63, 3.8) is 0 Å². The molecule has 1 fully saturated rings. The highest BCUT2D eigenvalue weighted by Gasteiger charge is 2.46. The van der Waals surface area contributed by atoms with E-state index in [0.717, 1.165) is 31.7 Å². The highest BCUT2D eigenvalue weighted by Crippen LogP contribution is 2.49. The van der Waals surface area contributed by atoms with Gasteiger partial charge in [-0.25, -0.2) is 4.98 Å². The highest BCUT2D eigenvalue weighted by molar-refractivity contribution is 7.09. The van der Waals surface area contributed by atoms with Gasteiger partial charge < -0.3 is 9.64 Å². The first-order chi connectivity index (χ1) is 10.8. The average Bonchev–Trinajstić information content (AvgIpc) is 3.23. The minimum absolute atomic E-state index is 0.140. The number of ether oxygens (including phenoxy) is 1. The molecular formula is C17H18N2O2S. The molecule has 1 aliphatic heterocycles. The molecule has 2 aliphatic rings. The minimum atomic E-state index is 0.140. The standard InChI is InChI=1S/C17H18N2O2S/c1-21-12-4-2-3-11(7-12)13-8-14(13)17(20)19-6-5-15-16(9-19)22-10-18-15/h2-4,7,10,13-14H,5-6,8-9H2,1H3/t13-,14+/m0/s1. The van der Waals surface area contributed by atoms with Crippen LogP contribution in [0.4, 0.5) is 0 Å². The maximum absolute atomic E-state index is 12.7. The number of hydrogen-bond acceptors (Lipinski definition) is 4. The number of aromatic nitrogens is 1. The molecule has 0 N–H and O–H groups in total. The summed E-state index contributed by atoms with van der Waals surface area (Å²) in [5.74, 6) is 1.65. The topological polar surface area (TPSA) is 42.4 Å². The molecule has 4 rings (SSSR count). The summed E-state index contributed by atoms with van der Waals surface area (Å²) in [4.78, 5) is 20.3. The molecule has 5 heteroatoms. The van der Waals surface area contributed by atoms with Gasteiger partial charge in [-0.2, -0.15) is 0 Å². The van der Waals surface area contributed by atoms with Crippen LogP contribution >= 0.6 is 11.3 Å². The number of carbonyl (C=O) groups is 1. The zero-order chi connectivity index (χ0) is 15.1. The van der Waals surface area contributed by atoms with Gasteiger partial charge in [0.05, 0.1) is 24.9 Å². The summed E-state index contributed by atoms with van der Waals surface area (Å²) in [5, 5.41) is 0. The van der Waals surface area contributed by atoms with Crippen LogP contribution in [0.2, 0.25) is 0 Å². The summed E-state index contributed by atoms with van der Waals surface area (Å²) in [6.45, 7) is 1.54. The number of methoxy groups -OCH3 is 1. The van der Waals surface area contributed by atoms with Crippen LogP contribution in [0.25, 0.3) is 0 Å². The molecule has 0 bridgehead atoms. The van der Waals surface area contributed by atoms with Crippen molar-refractivity contribution in [1.29, 1.82) is 0 Å². The molecule has 0 spiro atoms. The Labute approximate surface area is 133 Å². The molecule has 0 unspecified atom stereocenters. The lowest BCUT2D eigenvalue weighted by atomic mass is 10.1. The van der Waals surface area contributed by atoms with E-state index in [4.69, 9.17) is 4.74 Å². The Bertz CT molecular complexity index is 712. The van der Waals surface area contributed by atoms with E-state index in [-0.39, 0.29) is 5.92 Å². The fourth-order valence-electron chi connectivity index (χ4n) is 3.25. The third kappa shape index (κ3) is 2.39. The van der Waals surface area contributed by atoms with Crippen LogP contribution in [0.3, 0.4) is 0 Å². The van der Waals surface area contributed by atoms with Gasteiger partial charge in [0, 0.05) is 23.8 Å². The molecule has 1 aliphatic carbocycles. The highest BCUT2D eigenvalue weighted by atomic mass is 32.1. The molecule has 1 saturated carbocycles. The van der Waals surface area contributed by atoms with Gasteiger partial charge >= 0.3 is 0 Å². The van der Waals surface area contributed by atoms with Crippen molar-refractivity contribution >= 4 is 17.2 Å². The lowest BCUT2D eigenvalue weighted by Crippen LogP contribution is -2.36. The zero-order valence-corrected chi connectivity index (χ0v) is 13.3. The zero-order valence-electron chi connectivity index (χ0n) is 12.5. The fraction of sp³-hybridized carbons (Fsp3) is 0.412. The Balaban J connectivity index is 1.45. The summed E-state index contributed by atoms with van der Waals surface area (Å²) in [6, 6.07) is 8.09. The smallest absolute Gasteiger partial charge is 0.226 e. The van der Waals surface area contributed by atoms with E-state index in [1.807, 2.05) is 22.5 Å². The largest absolute Gasteiger partial charge is 0.497 e. The van der Waals surface area contributed by atoms with Gasteiger partial charge in [0.25, 0.3) is 0 Å². The Hall–Kier alpha value is -1.88. The van der Waals surface area contributed by atoms with Crippen molar-refractivity contribution in [1.82, 2.24) is 9.88 Å². The third-order valence-electron chi connectivity index (χ3n) is 4.62. The second-order valence-electron chi connectivity index (χ2n) is 5.96. The van der Waals surface area contributed by atoms with Crippen LogP contribution in [-0.4, -0.2) is 29.4 Å². The van der Waals surface area contributed by atoms with E-state index in [1.54, 1.807) is 18.4 Å². The number of thiazole rings is 1. The van der Waals surface area contributed by atoms with Crippen LogP contribution in [-0.2, 0) is 17.8 Å². The molecule has 4 nitrogen and oxygen atoms in total. The van der Waals surface area contributed by atoms with E-state index in [9.17, 15) is 4.79 Å². The second kappa shape index (κ2) is 5.39. The van der Waals surface area contributed by atoms with Crippen LogP contribution in [0.15, 0.2) is 29.8 Å². The number of rotatable bonds is 3. The Kier molecular flexibility index (Phi) is 3.37.